The van der Waals surface area contributed by atoms with E-state index in [9.17, 15) is 14.4 Å². The Balaban J connectivity index is 1.98. The fourth-order valence-electron chi connectivity index (χ4n) is 3.46. The van der Waals surface area contributed by atoms with E-state index in [1.54, 1.807) is 24.3 Å². The van der Waals surface area contributed by atoms with Gasteiger partial charge in [0.2, 0.25) is 0 Å². The van der Waals surface area contributed by atoms with Crippen LogP contribution in [0.1, 0.15) is 56.0 Å². The first kappa shape index (κ1) is 24.7. The third-order valence-electron chi connectivity index (χ3n) is 5.26. The van der Waals surface area contributed by atoms with E-state index in [1.165, 1.54) is 13.2 Å². The van der Waals surface area contributed by atoms with Crippen LogP contribution < -0.4 is 5.32 Å². The molecule has 0 unspecified atom stereocenters. The quantitative estimate of drug-likeness (QED) is 0.469. The molecule has 0 aromatic heterocycles. The van der Waals surface area contributed by atoms with Crippen LogP contribution >= 0.6 is 0 Å². The molecule has 0 saturated carbocycles. The molecule has 176 valence electrons. The molecule has 0 aliphatic heterocycles. The maximum absolute atomic E-state index is 13.0. The van der Waals surface area contributed by atoms with Crippen LogP contribution in [0.4, 0.5) is 0 Å². The predicted molar refractivity (Wildman–Crippen MR) is 131 cm³/mol. The van der Waals surface area contributed by atoms with Gasteiger partial charge in [0.1, 0.15) is 6.61 Å². The van der Waals surface area contributed by atoms with Crippen LogP contribution in [0, 0.1) is 12.8 Å². The third-order valence-corrected chi connectivity index (χ3v) is 5.26. The molecule has 0 radical (unpaired) electrons. The number of benzene rings is 3. The van der Waals surface area contributed by atoms with Crippen molar-refractivity contribution in [3.05, 3.63) is 94.5 Å². The zero-order chi connectivity index (χ0) is 24.7. The first-order chi connectivity index (χ1) is 16.3. The van der Waals surface area contributed by atoms with E-state index < -0.39 is 11.9 Å². The molecule has 0 saturated heterocycles. The zero-order valence-corrected chi connectivity index (χ0v) is 19.9. The molecule has 0 atom stereocenters. The van der Waals surface area contributed by atoms with Gasteiger partial charge in [0.15, 0.2) is 0 Å². The van der Waals surface area contributed by atoms with Crippen LogP contribution in [0.3, 0.4) is 0 Å². The Labute approximate surface area is 199 Å². The summed E-state index contributed by atoms with van der Waals surface area (Å²) in [6.07, 6.45) is 0. The lowest BCUT2D eigenvalue weighted by molar-refractivity contribution is 0.0472. The van der Waals surface area contributed by atoms with Crippen molar-refractivity contribution in [2.75, 3.05) is 13.7 Å². The summed E-state index contributed by atoms with van der Waals surface area (Å²) in [5.74, 6) is -1.09. The smallest absolute Gasteiger partial charge is 0.339 e. The van der Waals surface area contributed by atoms with Crippen LogP contribution in [0.25, 0.3) is 11.1 Å². The predicted octanol–water partition coefficient (Wildman–Crippen LogP) is 5.19. The number of hydrogen-bond acceptors (Lipinski definition) is 5. The van der Waals surface area contributed by atoms with Crippen molar-refractivity contribution in [1.29, 1.82) is 0 Å². The maximum Gasteiger partial charge on any atom is 0.339 e. The number of methoxy groups -OCH3 is 1. The Morgan fingerprint density at radius 1 is 0.853 bits per heavy atom. The normalized spacial score (nSPS) is 10.6. The van der Waals surface area contributed by atoms with E-state index in [1.807, 2.05) is 57.2 Å². The van der Waals surface area contributed by atoms with E-state index in [4.69, 9.17) is 9.47 Å². The van der Waals surface area contributed by atoms with Gasteiger partial charge < -0.3 is 14.8 Å². The van der Waals surface area contributed by atoms with Gasteiger partial charge in [-0.25, -0.2) is 9.59 Å². The van der Waals surface area contributed by atoms with Crippen molar-refractivity contribution in [1.82, 2.24) is 5.32 Å². The van der Waals surface area contributed by atoms with Crippen molar-refractivity contribution in [2.24, 2.45) is 5.92 Å². The highest BCUT2D eigenvalue weighted by Gasteiger charge is 2.22. The van der Waals surface area contributed by atoms with Crippen LogP contribution in [-0.2, 0) is 16.1 Å². The number of aryl methyl sites for hydroxylation is 1. The van der Waals surface area contributed by atoms with Crippen LogP contribution in [0.5, 0.6) is 0 Å². The van der Waals surface area contributed by atoms with Gasteiger partial charge in [0.05, 0.1) is 18.2 Å². The summed E-state index contributed by atoms with van der Waals surface area (Å²) in [6.45, 7) is 6.52. The minimum atomic E-state index is -0.599. The molecular formula is C28H29NO5. The van der Waals surface area contributed by atoms with Gasteiger partial charge in [-0.15, -0.1) is 0 Å². The van der Waals surface area contributed by atoms with Crippen molar-refractivity contribution >= 4 is 17.8 Å². The van der Waals surface area contributed by atoms with Crippen molar-refractivity contribution in [3.8, 4) is 11.1 Å². The average Bonchev–Trinajstić information content (AvgIpc) is 2.85. The van der Waals surface area contributed by atoms with Crippen LogP contribution in [-0.4, -0.2) is 31.5 Å². The third kappa shape index (κ3) is 6.10. The summed E-state index contributed by atoms with van der Waals surface area (Å²) in [7, 11) is 1.28. The topological polar surface area (TPSA) is 81.7 Å². The van der Waals surface area contributed by atoms with Crippen molar-refractivity contribution < 1.29 is 23.9 Å². The summed E-state index contributed by atoms with van der Waals surface area (Å²) in [4.78, 5) is 38.2. The molecule has 3 aromatic rings. The SMILES string of the molecule is COC(=O)c1cc(C(=O)NCC(C)C)ccc1-c1ccc(C)cc1C(=O)OCc1ccccc1. The number of esters is 2. The molecule has 34 heavy (non-hydrogen) atoms. The van der Waals surface area contributed by atoms with Gasteiger partial charge >= 0.3 is 11.9 Å². The molecule has 0 heterocycles. The number of carbonyl (C=O) groups is 3. The van der Waals surface area contributed by atoms with E-state index >= 15 is 0 Å². The Hall–Kier alpha value is -3.93. The largest absolute Gasteiger partial charge is 0.465 e. The highest BCUT2D eigenvalue weighted by molar-refractivity contribution is 6.05. The Morgan fingerprint density at radius 3 is 2.15 bits per heavy atom. The lowest BCUT2D eigenvalue weighted by Crippen LogP contribution is -2.27. The molecule has 3 aromatic carbocycles. The maximum atomic E-state index is 13.0. The van der Waals surface area contributed by atoms with Gasteiger partial charge in [-0.3, -0.25) is 4.79 Å². The summed E-state index contributed by atoms with van der Waals surface area (Å²) in [6, 6.07) is 19.6. The average molecular weight is 460 g/mol. The first-order valence-corrected chi connectivity index (χ1v) is 11.1. The highest BCUT2D eigenvalue weighted by Crippen LogP contribution is 2.30. The molecule has 1 N–H and O–H groups in total. The van der Waals surface area contributed by atoms with Crippen molar-refractivity contribution in [2.45, 2.75) is 27.4 Å². The Kier molecular flexibility index (Phi) is 8.19. The summed E-state index contributed by atoms with van der Waals surface area (Å²) < 4.78 is 10.5. The number of nitrogens with one attached hydrogen (secondary N) is 1. The van der Waals surface area contributed by atoms with Crippen LogP contribution in [0.2, 0.25) is 0 Å². The van der Waals surface area contributed by atoms with Gasteiger partial charge in [-0.2, -0.15) is 0 Å². The summed E-state index contributed by atoms with van der Waals surface area (Å²) >= 11 is 0. The molecule has 6 heteroatoms. The molecular weight excluding hydrogens is 430 g/mol. The Morgan fingerprint density at radius 2 is 1.50 bits per heavy atom. The molecule has 6 nitrogen and oxygen atoms in total. The summed E-state index contributed by atoms with van der Waals surface area (Å²) in [5, 5.41) is 2.85. The zero-order valence-electron chi connectivity index (χ0n) is 19.9. The monoisotopic (exact) mass is 459 g/mol. The van der Waals surface area contributed by atoms with Gasteiger partial charge in [0, 0.05) is 12.1 Å². The van der Waals surface area contributed by atoms with Crippen LogP contribution in [0.15, 0.2) is 66.7 Å². The number of carbonyl (C=O) groups excluding carboxylic acids is 3. The van der Waals surface area contributed by atoms with E-state index in [0.717, 1.165) is 11.1 Å². The lowest BCUT2D eigenvalue weighted by Gasteiger charge is -2.15. The van der Waals surface area contributed by atoms with E-state index in [-0.39, 0.29) is 18.1 Å². The molecule has 3 rings (SSSR count). The second-order valence-electron chi connectivity index (χ2n) is 8.47. The molecule has 0 fully saturated rings. The lowest BCUT2D eigenvalue weighted by atomic mass is 9.92. The minimum absolute atomic E-state index is 0.131. The number of amides is 1. The molecule has 0 spiro atoms. The number of hydrogen-bond donors (Lipinski definition) is 1. The molecule has 0 aliphatic carbocycles. The van der Waals surface area contributed by atoms with Gasteiger partial charge in [-0.05, 0) is 47.7 Å². The Bertz CT molecular complexity index is 1180. The first-order valence-electron chi connectivity index (χ1n) is 11.1. The fraction of sp³-hybridized carbons (Fsp3) is 0.250. The fourth-order valence-corrected chi connectivity index (χ4v) is 3.46. The van der Waals surface area contributed by atoms with Crippen molar-refractivity contribution in [3.63, 3.8) is 0 Å². The summed E-state index contributed by atoms with van der Waals surface area (Å²) in [5.41, 5.74) is 3.62. The second kappa shape index (κ2) is 11.3. The minimum Gasteiger partial charge on any atom is -0.465 e. The second-order valence-corrected chi connectivity index (χ2v) is 8.47. The molecule has 0 aliphatic rings. The standard InChI is InChI=1S/C28H29NO5/c1-18(2)16-29-26(30)21-11-13-23(25(15-21)27(31)33-4)22-12-10-19(3)14-24(22)28(32)34-17-20-8-6-5-7-9-20/h5-15,18H,16-17H2,1-4H3,(H,29,30). The van der Waals surface area contributed by atoms with E-state index in [0.29, 0.717) is 34.7 Å². The van der Waals surface area contributed by atoms with Gasteiger partial charge in [-0.1, -0.05) is 67.9 Å². The van der Waals surface area contributed by atoms with Gasteiger partial charge in [0.25, 0.3) is 5.91 Å². The molecule has 1 amide bonds. The highest BCUT2D eigenvalue weighted by atomic mass is 16.5. The van der Waals surface area contributed by atoms with E-state index in [2.05, 4.69) is 5.32 Å². The number of ether oxygens (including phenoxy) is 2. The number of rotatable bonds is 8. The molecule has 0 bridgehead atoms.